The lowest BCUT2D eigenvalue weighted by Gasteiger charge is -2.12. The monoisotopic (exact) mass is 242 g/mol. The summed E-state index contributed by atoms with van der Waals surface area (Å²) in [6.07, 6.45) is 1.81. The molecule has 94 valence electrons. The van der Waals surface area contributed by atoms with Crippen molar-refractivity contribution in [1.29, 1.82) is 0 Å². The second kappa shape index (κ2) is 5.04. The van der Waals surface area contributed by atoms with E-state index in [4.69, 9.17) is 0 Å². The van der Waals surface area contributed by atoms with Gasteiger partial charge < -0.3 is 10.6 Å². The van der Waals surface area contributed by atoms with Crippen molar-refractivity contribution in [2.45, 2.75) is 20.8 Å². The maximum absolute atomic E-state index is 4.42. The second-order valence-electron chi connectivity index (χ2n) is 4.42. The predicted molar refractivity (Wildman–Crippen MR) is 75.5 cm³/mol. The molecule has 2 N–H and O–H groups in total. The maximum Gasteiger partial charge on any atom is 0.224 e. The van der Waals surface area contributed by atoms with Gasteiger partial charge in [-0.15, -0.1) is 0 Å². The van der Waals surface area contributed by atoms with E-state index in [-0.39, 0.29) is 0 Å². The summed E-state index contributed by atoms with van der Waals surface area (Å²) in [4.78, 5) is 8.59. The minimum Gasteiger partial charge on any atom is -0.357 e. The summed E-state index contributed by atoms with van der Waals surface area (Å²) in [6, 6.07) is 6.31. The minimum atomic E-state index is 0.618. The Morgan fingerprint density at radius 1 is 1.06 bits per heavy atom. The molecule has 0 aliphatic heterocycles. The summed E-state index contributed by atoms with van der Waals surface area (Å²) in [5.74, 6) is 1.45. The average Bonchev–Trinajstić information content (AvgIpc) is 2.35. The average molecular weight is 242 g/mol. The molecule has 0 bridgehead atoms. The molecule has 2 rings (SSSR count). The standard InChI is InChI=1S/C14H18N4/c1-9-5-6-12(10(2)7-9)17-13-11(3)8-16-14(15-4)18-13/h5-8H,1-4H3,(H2,15,16,17,18). The lowest BCUT2D eigenvalue weighted by atomic mass is 10.1. The third-order valence-corrected chi connectivity index (χ3v) is 2.83. The van der Waals surface area contributed by atoms with Gasteiger partial charge in [0, 0.05) is 24.5 Å². The number of nitrogens with zero attached hydrogens (tertiary/aromatic N) is 2. The molecule has 0 radical (unpaired) electrons. The fourth-order valence-corrected chi connectivity index (χ4v) is 1.77. The van der Waals surface area contributed by atoms with Gasteiger partial charge in [-0.25, -0.2) is 4.98 Å². The van der Waals surface area contributed by atoms with Gasteiger partial charge in [0.05, 0.1) is 0 Å². The first-order valence-electron chi connectivity index (χ1n) is 5.96. The number of hydrogen-bond donors (Lipinski definition) is 2. The first-order chi connectivity index (χ1) is 8.60. The van der Waals surface area contributed by atoms with Gasteiger partial charge >= 0.3 is 0 Å². The van der Waals surface area contributed by atoms with Crippen LogP contribution in [0.2, 0.25) is 0 Å². The molecule has 18 heavy (non-hydrogen) atoms. The van der Waals surface area contributed by atoms with E-state index in [1.54, 1.807) is 0 Å². The molecule has 0 aliphatic rings. The Balaban J connectivity index is 2.33. The molecule has 0 spiro atoms. The van der Waals surface area contributed by atoms with Crippen molar-refractivity contribution in [2.24, 2.45) is 0 Å². The lowest BCUT2D eigenvalue weighted by Crippen LogP contribution is -2.03. The Bertz CT molecular complexity index is 564. The summed E-state index contributed by atoms with van der Waals surface area (Å²) >= 11 is 0. The molecule has 0 aliphatic carbocycles. The van der Waals surface area contributed by atoms with Crippen LogP contribution >= 0.6 is 0 Å². The molecule has 0 saturated carbocycles. The van der Waals surface area contributed by atoms with Crippen molar-refractivity contribution >= 4 is 17.5 Å². The van der Waals surface area contributed by atoms with Gasteiger partial charge in [0.25, 0.3) is 0 Å². The van der Waals surface area contributed by atoms with Crippen LogP contribution in [-0.4, -0.2) is 17.0 Å². The number of rotatable bonds is 3. The molecule has 1 aromatic heterocycles. The Hall–Kier alpha value is -2.10. The van der Waals surface area contributed by atoms with E-state index in [0.717, 1.165) is 17.1 Å². The van der Waals surface area contributed by atoms with E-state index in [9.17, 15) is 0 Å². The summed E-state index contributed by atoms with van der Waals surface area (Å²) < 4.78 is 0. The van der Waals surface area contributed by atoms with E-state index in [2.05, 4.69) is 52.6 Å². The number of aromatic nitrogens is 2. The molecular weight excluding hydrogens is 224 g/mol. The largest absolute Gasteiger partial charge is 0.357 e. The van der Waals surface area contributed by atoms with Crippen molar-refractivity contribution in [1.82, 2.24) is 9.97 Å². The van der Waals surface area contributed by atoms with Crippen LogP contribution in [0, 0.1) is 20.8 Å². The van der Waals surface area contributed by atoms with Crippen molar-refractivity contribution < 1.29 is 0 Å². The zero-order valence-electron chi connectivity index (χ0n) is 11.2. The highest BCUT2D eigenvalue weighted by Crippen LogP contribution is 2.22. The summed E-state index contributed by atoms with van der Waals surface area (Å²) in [6.45, 7) is 6.17. The third-order valence-electron chi connectivity index (χ3n) is 2.83. The van der Waals surface area contributed by atoms with Gasteiger partial charge in [-0.1, -0.05) is 17.7 Å². The summed E-state index contributed by atoms with van der Waals surface area (Å²) in [5, 5.41) is 6.29. The first kappa shape index (κ1) is 12.4. The van der Waals surface area contributed by atoms with Crippen LogP contribution in [0.25, 0.3) is 0 Å². The molecule has 0 amide bonds. The van der Waals surface area contributed by atoms with Gasteiger partial charge in [0.2, 0.25) is 5.95 Å². The van der Waals surface area contributed by atoms with Crippen LogP contribution in [-0.2, 0) is 0 Å². The molecule has 0 saturated heterocycles. The van der Waals surface area contributed by atoms with Crippen LogP contribution < -0.4 is 10.6 Å². The normalized spacial score (nSPS) is 10.2. The van der Waals surface area contributed by atoms with Crippen LogP contribution in [0.15, 0.2) is 24.4 Å². The van der Waals surface area contributed by atoms with E-state index in [1.807, 2.05) is 20.2 Å². The van der Waals surface area contributed by atoms with Gasteiger partial charge in [-0.05, 0) is 32.4 Å². The third kappa shape index (κ3) is 2.59. The molecule has 0 atom stereocenters. The Morgan fingerprint density at radius 2 is 1.83 bits per heavy atom. The SMILES string of the molecule is CNc1ncc(C)c(Nc2ccc(C)cc2C)n1. The summed E-state index contributed by atoms with van der Waals surface area (Å²) in [5.41, 5.74) is 4.56. The zero-order valence-corrected chi connectivity index (χ0v) is 11.2. The Morgan fingerprint density at radius 3 is 2.50 bits per heavy atom. The molecular formula is C14H18N4. The van der Waals surface area contributed by atoms with E-state index >= 15 is 0 Å². The van der Waals surface area contributed by atoms with Gasteiger partial charge in [0.1, 0.15) is 5.82 Å². The highest BCUT2D eigenvalue weighted by Gasteiger charge is 2.05. The molecule has 1 heterocycles. The van der Waals surface area contributed by atoms with E-state index < -0.39 is 0 Å². The van der Waals surface area contributed by atoms with Crippen molar-refractivity contribution in [3.8, 4) is 0 Å². The minimum absolute atomic E-state index is 0.618. The van der Waals surface area contributed by atoms with E-state index in [1.165, 1.54) is 11.1 Å². The molecule has 2 aromatic rings. The molecule has 0 fully saturated rings. The zero-order chi connectivity index (χ0) is 13.1. The van der Waals surface area contributed by atoms with Gasteiger partial charge in [-0.3, -0.25) is 0 Å². The fraction of sp³-hybridized carbons (Fsp3) is 0.286. The number of aryl methyl sites for hydroxylation is 3. The predicted octanol–water partition coefficient (Wildman–Crippen LogP) is 3.19. The lowest BCUT2D eigenvalue weighted by molar-refractivity contribution is 1.12. The first-order valence-corrected chi connectivity index (χ1v) is 5.96. The number of hydrogen-bond acceptors (Lipinski definition) is 4. The Kier molecular flexibility index (Phi) is 3.46. The highest BCUT2D eigenvalue weighted by atomic mass is 15.1. The summed E-state index contributed by atoms with van der Waals surface area (Å²) in [7, 11) is 1.81. The quantitative estimate of drug-likeness (QED) is 0.868. The maximum atomic E-state index is 4.42. The second-order valence-corrected chi connectivity index (χ2v) is 4.42. The number of anilines is 3. The molecule has 0 unspecified atom stereocenters. The van der Waals surface area contributed by atoms with Gasteiger partial charge in [-0.2, -0.15) is 4.98 Å². The highest BCUT2D eigenvalue weighted by molar-refractivity contribution is 5.63. The number of benzene rings is 1. The topological polar surface area (TPSA) is 49.8 Å². The van der Waals surface area contributed by atoms with Gasteiger partial charge in [0.15, 0.2) is 0 Å². The van der Waals surface area contributed by atoms with Crippen molar-refractivity contribution in [2.75, 3.05) is 17.7 Å². The molecule has 4 nitrogen and oxygen atoms in total. The molecule has 1 aromatic carbocycles. The van der Waals surface area contributed by atoms with Crippen LogP contribution in [0.5, 0.6) is 0 Å². The van der Waals surface area contributed by atoms with Crippen molar-refractivity contribution in [3.63, 3.8) is 0 Å². The smallest absolute Gasteiger partial charge is 0.224 e. The number of nitrogens with one attached hydrogen (secondary N) is 2. The van der Waals surface area contributed by atoms with E-state index in [0.29, 0.717) is 5.95 Å². The van der Waals surface area contributed by atoms with Crippen LogP contribution in [0.3, 0.4) is 0 Å². The van der Waals surface area contributed by atoms with Crippen LogP contribution in [0.4, 0.5) is 17.5 Å². The fourth-order valence-electron chi connectivity index (χ4n) is 1.77. The Labute approximate surface area is 107 Å². The molecule has 4 heteroatoms. The van der Waals surface area contributed by atoms with Crippen molar-refractivity contribution in [3.05, 3.63) is 41.1 Å². The van der Waals surface area contributed by atoms with Crippen LogP contribution in [0.1, 0.15) is 16.7 Å².